The lowest BCUT2D eigenvalue weighted by molar-refractivity contribution is 0.0695. The second-order valence-electron chi connectivity index (χ2n) is 5.59. The molecule has 1 aliphatic rings. The van der Waals surface area contributed by atoms with Crippen molar-refractivity contribution in [3.8, 4) is 5.75 Å². The van der Waals surface area contributed by atoms with Crippen molar-refractivity contribution in [2.24, 2.45) is 0 Å². The smallest absolute Gasteiger partial charge is 0.339 e. The summed E-state index contributed by atoms with van der Waals surface area (Å²) >= 11 is 0. The Kier molecular flexibility index (Phi) is 3.75. The highest BCUT2D eigenvalue weighted by Gasteiger charge is 2.24. The minimum Gasteiger partial charge on any atom is -0.490 e. The summed E-state index contributed by atoms with van der Waals surface area (Å²) in [5.41, 5.74) is 1.97. The fraction of sp³-hybridized carbons (Fsp3) is 0.375. The van der Waals surface area contributed by atoms with Crippen molar-refractivity contribution in [2.75, 3.05) is 18.1 Å². The Morgan fingerprint density at radius 2 is 2.18 bits per heavy atom. The zero-order chi connectivity index (χ0) is 15.7. The van der Waals surface area contributed by atoms with Crippen LogP contribution in [0.25, 0.3) is 0 Å². The first-order chi connectivity index (χ1) is 10.6. The average Bonchev–Trinajstić information content (AvgIpc) is 2.92. The SMILES string of the molecule is CC(C)n1ncc(C(=O)O)c1CN1CCOc2ccccc21. The van der Waals surface area contributed by atoms with Crippen LogP contribution >= 0.6 is 0 Å². The van der Waals surface area contributed by atoms with Crippen molar-refractivity contribution in [3.05, 3.63) is 41.7 Å². The molecule has 1 aromatic heterocycles. The molecule has 1 aliphatic heterocycles. The van der Waals surface area contributed by atoms with Gasteiger partial charge in [0.05, 0.1) is 30.7 Å². The molecule has 0 atom stereocenters. The summed E-state index contributed by atoms with van der Waals surface area (Å²) in [4.78, 5) is 13.6. The molecule has 2 aromatic rings. The molecule has 0 unspecified atom stereocenters. The molecule has 0 fully saturated rings. The Balaban J connectivity index is 1.97. The molecular formula is C16H19N3O3. The first kappa shape index (κ1) is 14.4. The summed E-state index contributed by atoms with van der Waals surface area (Å²) in [7, 11) is 0. The van der Waals surface area contributed by atoms with Gasteiger partial charge in [-0.15, -0.1) is 0 Å². The van der Waals surface area contributed by atoms with Gasteiger partial charge in [0, 0.05) is 6.04 Å². The Morgan fingerprint density at radius 3 is 2.91 bits per heavy atom. The lowest BCUT2D eigenvalue weighted by Gasteiger charge is -2.31. The number of anilines is 1. The Labute approximate surface area is 128 Å². The molecule has 0 spiro atoms. The van der Waals surface area contributed by atoms with Gasteiger partial charge in [0.1, 0.15) is 17.9 Å². The molecule has 0 saturated heterocycles. The van der Waals surface area contributed by atoms with Crippen molar-refractivity contribution in [1.29, 1.82) is 0 Å². The third-order valence-electron chi connectivity index (χ3n) is 3.78. The maximum Gasteiger partial charge on any atom is 0.339 e. The van der Waals surface area contributed by atoms with E-state index in [9.17, 15) is 9.90 Å². The summed E-state index contributed by atoms with van der Waals surface area (Å²) in [6.45, 7) is 5.81. The molecule has 1 aromatic carbocycles. The van der Waals surface area contributed by atoms with Gasteiger partial charge in [-0.3, -0.25) is 4.68 Å². The zero-order valence-corrected chi connectivity index (χ0v) is 12.7. The van der Waals surface area contributed by atoms with Crippen LogP contribution < -0.4 is 9.64 Å². The third kappa shape index (κ3) is 2.52. The predicted molar refractivity (Wildman–Crippen MR) is 82.6 cm³/mol. The topological polar surface area (TPSA) is 67.6 Å². The second-order valence-corrected chi connectivity index (χ2v) is 5.59. The Morgan fingerprint density at radius 1 is 1.41 bits per heavy atom. The van der Waals surface area contributed by atoms with Crippen LogP contribution in [0.4, 0.5) is 5.69 Å². The highest BCUT2D eigenvalue weighted by Crippen LogP contribution is 2.32. The molecule has 116 valence electrons. The monoisotopic (exact) mass is 301 g/mol. The summed E-state index contributed by atoms with van der Waals surface area (Å²) < 4.78 is 7.43. The number of carbonyl (C=O) groups is 1. The number of fused-ring (bicyclic) bond motifs is 1. The number of ether oxygens (including phenoxy) is 1. The van der Waals surface area contributed by atoms with Crippen molar-refractivity contribution in [3.63, 3.8) is 0 Å². The minimum absolute atomic E-state index is 0.111. The number of benzene rings is 1. The molecule has 0 radical (unpaired) electrons. The number of hydrogen-bond donors (Lipinski definition) is 1. The van der Waals surface area contributed by atoms with Gasteiger partial charge in [0.2, 0.25) is 0 Å². The largest absolute Gasteiger partial charge is 0.490 e. The molecule has 0 saturated carbocycles. The minimum atomic E-state index is -0.941. The Hall–Kier alpha value is -2.50. The van der Waals surface area contributed by atoms with Gasteiger partial charge >= 0.3 is 5.97 Å². The molecule has 0 bridgehead atoms. The predicted octanol–water partition coefficient (Wildman–Crippen LogP) is 2.56. The molecule has 6 heteroatoms. The van der Waals surface area contributed by atoms with E-state index in [4.69, 9.17) is 4.74 Å². The quantitative estimate of drug-likeness (QED) is 0.940. The van der Waals surface area contributed by atoms with Crippen LogP contribution in [0.2, 0.25) is 0 Å². The fourth-order valence-electron chi connectivity index (χ4n) is 2.74. The highest BCUT2D eigenvalue weighted by molar-refractivity contribution is 5.88. The molecule has 3 rings (SSSR count). The van der Waals surface area contributed by atoms with Crippen LogP contribution in [-0.4, -0.2) is 34.0 Å². The summed E-state index contributed by atoms with van der Waals surface area (Å²) in [5, 5.41) is 13.6. The van der Waals surface area contributed by atoms with Crippen LogP contribution in [0.3, 0.4) is 0 Å². The van der Waals surface area contributed by atoms with E-state index >= 15 is 0 Å². The first-order valence-electron chi connectivity index (χ1n) is 7.34. The number of aromatic carboxylic acids is 1. The van der Waals surface area contributed by atoms with E-state index < -0.39 is 5.97 Å². The van der Waals surface area contributed by atoms with Gasteiger partial charge in [-0.05, 0) is 26.0 Å². The van der Waals surface area contributed by atoms with Crippen LogP contribution in [-0.2, 0) is 6.54 Å². The standard InChI is InChI=1S/C16H19N3O3/c1-11(2)19-14(12(9-17-19)16(20)21)10-18-7-8-22-15-6-4-3-5-13(15)18/h3-6,9,11H,7-8,10H2,1-2H3,(H,20,21). The van der Waals surface area contributed by atoms with E-state index in [1.807, 2.05) is 38.1 Å². The van der Waals surface area contributed by atoms with Gasteiger partial charge < -0.3 is 14.7 Å². The van der Waals surface area contributed by atoms with E-state index in [2.05, 4.69) is 10.00 Å². The third-order valence-corrected chi connectivity index (χ3v) is 3.78. The van der Waals surface area contributed by atoms with Crippen molar-refractivity contribution in [1.82, 2.24) is 9.78 Å². The Bertz CT molecular complexity index is 694. The maximum absolute atomic E-state index is 11.4. The average molecular weight is 301 g/mol. The lowest BCUT2D eigenvalue weighted by Crippen LogP contribution is -2.33. The van der Waals surface area contributed by atoms with E-state index in [1.165, 1.54) is 6.20 Å². The van der Waals surface area contributed by atoms with Crippen molar-refractivity contribution in [2.45, 2.75) is 26.4 Å². The second kappa shape index (κ2) is 5.71. The number of para-hydroxylation sites is 2. The summed E-state index contributed by atoms with van der Waals surface area (Å²) in [6.07, 6.45) is 1.43. The molecule has 0 amide bonds. The van der Waals surface area contributed by atoms with Gasteiger partial charge in [-0.25, -0.2) is 4.79 Å². The normalized spacial score (nSPS) is 13.9. The molecule has 22 heavy (non-hydrogen) atoms. The molecule has 6 nitrogen and oxygen atoms in total. The van der Waals surface area contributed by atoms with E-state index in [-0.39, 0.29) is 11.6 Å². The lowest BCUT2D eigenvalue weighted by atomic mass is 10.2. The van der Waals surface area contributed by atoms with Gasteiger partial charge in [-0.1, -0.05) is 12.1 Å². The maximum atomic E-state index is 11.4. The summed E-state index contributed by atoms with van der Waals surface area (Å²) in [6, 6.07) is 7.92. The summed E-state index contributed by atoms with van der Waals surface area (Å²) in [5.74, 6) is -0.107. The van der Waals surface area contributed by atoms with E-state index in [0.29, 0.717) is 13.2 Å². The number of rotatable bonds is 4. The molecule has 2 heterocycles. The van der Waals surface area contributed by atoms with Gasteiger partial charge in [0.25, 0.3) is 0 Å². The highest BCUT2D eigenvalue weighted by atomic mass is 16.5. The van der Waals surface area contributed by atoms with E-state index in [1.54, 1.807) is 4.68 Å². The van der Waals surface area contributed by atoms with Crippen LogP contribution in [0.15, 0.2) is 30.5 Å². The van der Waals surface area contributed by atoms with Gasteiger partial charge in [-0.2, -0.15) is 5.10 Å². The number of carboxylic acid groups (broad SMARTS) is 1. The molecule has 1 N–H and O–H groups in total. The fourth-order valence-corrected chi connectivity index (χ4v) is 2.74. The molecule has 0 aliphatic carbocycles. The van der Waals surface area contributed by atoms with Crippen LogP contribution in [0.1, 0.15) is 35.9 Å². The zero-order valence-electron chi connectivity index (χ0n) is 12.7. The van der Waals surface area contributed by atoms with E-state index in [0.717, 1.165) is 23.7 Å². The molecular weight excluding hydrogens is 282 g/mol. The van der Waals surface area contributed by atoms with Crippen molar-refractivity contribution < 1.29 is 14.6 Å². The number of hydrogen-bond acceptors (Lipinski definition) is 4. The van der Waals surface area contributed by atoms with Gasteiger partial charge in [0.15, 0.2) is 0 Å². The first-order valence-corrected chi connectivity index (χ1v) is 7.34. The number of carboxylic acids is 1. The van der Waals surface area contributed by atoms with Crippen LogP contribution in [0, 0.1) is 0 Å². The number of nitrogens with zero attached hydrogens (tertiary/aromatic N) is 3. The van der Waals surface area contributed by atoms with Crippen LogP contribution in [0.5, 0.6) is 5.75 Å². The van der Waals surface area contributed by atoms with Crippen molar-refractivity contribution >= 4 is 11.7 Å². The number of aromatic nitrogens is 2.